The van der Waals surface area contributed by atoms with Crippen LogP contribution in [0.1, 0.15) is 25.5 Å². The van der Waals surface area contributed by atoms with E-state index in [9.17, 15) is 9.90 Å². The van der Waals surface area contributed by atoms with Crippen molar-refractivity contribution in [3.63, 3.8) is 0 Å². The summed E-state index contributed by atoms with van der Waals surface area (Å²) in [5.74, 6) is 0.815. The van der Waals surface area contributed by atoms with Gasteiger partial charge in [-0.05, 0) is 19.1 Å². The van der Waals surface area contributed by atoms with Gasteiger partial charge in [-0.2, -0.15) is 0 Å². The molecule has 1 aromatic carbocycles. The lowest BCUT2D eigenvalue weighted by molar-refractivity contribution is -0.152. The Labute approximate surface area is 118 Å². The molecule has 0 saturated heterocycles. The minimum Gasteiger partial charge on any atom is -0.493 e. The Morgan fingerprint density at radius 1 is 1.10 bits per heavy atom. The van der Waals surface area contributed by atoms with Gasteiger partial charge in [0.1, 0.15) is 0 Å². The van der Waals surface area contributed by atoms with Gasteiger partial charge < -0.3 is 24.1 Å². The molecule has 6 nitrogen and oxygen atoms in total. The third-order valence-electron chi connectivity index (χ3n) is 2.75. The smallest absolute Gasteiger partial charge is 0.303 e. The molecule has 0 aliphatic heterocycles. The maximum atomic E-state index is 11.1. The summed E-state index contributed by atoms with van der Waals surface area (Å²) in [6.45, 7) is 2.82. The standard InChI is InChI=1S/C14H20O6/c1-8(15)13(20-9(2)16)10-6-11(17-3)14(19-5)12(7-10)18-4/h6-8,13,15H,1-5H3/t8-,13+/m0/s1. The monoisotopic (exact) mass is 284 g/mol. The molecule has 0 aliphatic carbocycles. The predicted octanol–water partition coefficient (Wildman–Crippen LogP) is 1.70. The molecule has 1 aromatic rings. The number of rotatable bonds is 6. The van der Waals surface area contributed by atoms with Crippen LogP contribution in [0.15, 0.2) is 12.1 Å². The first-order valence-electron chi connectivity index (χ1n) is 6.09. The van der Waals surface area contributed by atoms with Gasteiger partial charge in [0.2, 0.25) is 5.75 Å². The summed E-state index contributed by atoms with van der Waals surface area (Å²) in [5, 5.41) is 9.78. The topological polar surface area (TPSA) is 74.2 Å². The molecule has 0 aromatic heterocycles. The van der Waals surface area contributed by atoms with Gasteiger partial charge >= 0.3 is 5.97 Å². The first-order chi connectivity index (χ1) is 9.44. The Balaban J connectivity index is 3.31. The van der Waals surface area contributed by atoms with Gasteiger partial charge in [0.25, 0.3) is 0 Å². The molecule has 0 heterocycles. The Morgan fingerprint density at radius 3 is 1.90 bits per heavy atom. The fourth-order valence-electron chi connectivity index (χ4n) is 1.89. The molecule has 20 heavy (non-hydrogen) atoms. The molecule has 1 N–H and O–H groups in total. The third-order valence-corrected chi connectivity index (χ3v) is 2.75. The number of carbonyl (C=O) groups excluding carboxylic acids is 1. The lowest BCUT2D eigenvalue weighted by Crippen LogP contribution is -2.20. The van der Waals surface area contributed by atoms with E-state index in [2.05, 4.69) is 0 Å². The summed E-state index contributed by atoms with van der Waals surface area (Å²) in [5.41, 5.74) is 0.560. The largest absolute Gasteiger partial charge is 0.493 e. The molecule has 0 fully saturated rings. The maximum absolute atomic E-state index is 11.1. The number of aliphatic hydroxyl groups excluding tert-OH is 1. The van der Waals surface area contributed by atoms with Crippen molar-refractivity contribution < 1.29 is 28.8 Å². The highest BCUT2D eigenvalue weighted by atomic mass is 16.6. The highest BCUT2D eigenvalue weighted by Gasteiger charge is 2.24. The number of methoxy groups -OCH3 is 3. The molecule has 6 heteroatoms. The Kier molecular flexibility index (Phi) is 5.64. The van der Waals surface area contributed by atoms with E-state index in [1.807, 2.05) is 0 Å². The number of carbonyl (C=O) groups is 1. The highest BCUT2D eigenvalue weighted by Crippen LogP contribution is 2.40. The van der Waals surface area contributed by atoms with Gasteiger partial charge in [-0.1, -0.05) is 0 Å². The highest BCUT2D eigenvalue weighted by molar-refractivity contribution is 5.66. The van der Waals surface area contributed by atoms with Crippen LogP contribution >= 0.6 is 0 Å². The summed E-state index contributed by atoms with van der Waals surface area (Å²) < 4.78 is 20.8. The van der Waals surface area contributed by atoms with E-state index in [0.717, 1.165) is 0 Å². The van der Waals surface area contributed by atoms with E-state index in [4.69, 9.17) is 18.9 Å². The van der Waals surface area contributed by atoms with Crippen LogP contribution in [-0.2, 0) is 9.53 Å². The van der Waals surface area contributed by atoms with Crippen molar-refractivity contribution in [3.8, 4) is 17.2 Å². The van der Waals surface area contributed by atoms with E-state index >= 15 is 0 Å². The summed E-state index contributed by atoms with van der Waals surface area (Å²) in [6, 6.07) is 3.28. The first-order valence-corrected chi connectivity index (χ1v) is 6.09. The quantitative estimate of drug-likeness (QED) is 0.801. The number of benzene rings is 1. The number of esters is 1. The van der Waals surface area contributed by atoms with Crippen LogP contribution in [0.2, 0.25) is 0 Å². The SMILES string of the molecule is COc1cc([C@H](OC(C)=O)[C@H](C)O)cc(OC)c1OC. The van der Waals surface area contributed by atoms with Crippen LogP contribution in [-0.4, -0.2) is 38.5 Å². The van der Waals surface area contributed by atoms with E-state index in [1.54, 1.807) is 12.1 Å². The van der Waals surface area contributed by atoms with Crippen LogP contribution in [0, 0.1) is 0 Å². The van der Waals surface area contributed by atoms with Crippen LogP contribution in [0.5, 0.6) is 17.2 Å². The lowest BCUT2D eigenvalue weighted by Gasteiger charge is -2.22. The second-order valence-corrected chi connectivity index (χ2v) is 4.23. The van der Waals surface area contributed by atoms with Crippen LogP contribution in [0.3, 0.4) is 0 Å². The summed E-state index contributed by atoms with van der Waals surface area (Å²) >= 11 is 0. The van der Waals surface area contributed by atoms with Crippen LogP contribution in [0.4, 0.5) is 0 Å². The molecule has 112 valence electrons. The zero-order valence-electron chi connectivity index (χ0n) is 12.3. The second kappa shape index (κ2) is 7.00. The van der Waals surface area contributed by atoms with Gasteiger partial charge in [0.15, 0.2) is 17.6 Å². The number of ether oxygens (including phenoxy) is 4. The van der Waals surface area contributed by atoms with Gasteiger partial charge in [-0.15, -0.1) is 0 Å². The fraction of sp³-hybridized carbons (Fsp3) is 0.500. The van der Waals surface area contributed by atoms with Crippen molar-refractivity contribution in [2.45, 2.75) is 26.1 Å². The van der Waals surface area contributed by atoms with Gasteiger partial charge in [0.05, 0.1) is 27.4 Å². The van der Waals surface area contributed by atoms with Gasteiger partial charge in [-0.25, -0.2) is 0 Å². The Morgan fingerprint density at radius 2 is 1.60 bits per heavy atom. The molecule has 0 bridgehead atoms. The zero-order valence-corrected chi connectivity index (χ0v) is 12.3. The number of hydrogen-bond donors (Lipinski definition) is 1. The summed E-state index contributed by atoms with van der Waals surface area (Å²) in [4.78, 5) is 11.1. The maximum Gasteiger partial charge on any atom is 0.303 e. The molecule has 0 saturated carbocycles. The minimum atomic E-state index is -0.873. The van der Waals surface area contributed by atoms with Crippen molar-refractivity contribution in [1.29, 1.82) is 0 Å². The van der Waals surface area contributed by atoms with Crippen molar-refractivity contribution in [3.05, 3.63) is 17.7 Å². The van der Waals surface area contributed by atoms with E-state index in [-0.39, 0.29) is 0 Å². The predicted molar refractivity (Wildman–Crippen MR) is 72.3 cm³/mol. The number of aliphatic hydroxyl groups is 1. The molecule has 0 amide bonds. The average molecular weight is 284 g/mol. The molecule has 0 spiro atoms. The molecule has 1 rings (SSSR count). The molecular formula is C14H20O6. The van der Waals surface area contributed by atoms with E-state index in [1.165, 1.54) is 35.2 Å². The van der Waals surface area contributed by atoms with Crippen molar-refractivity contribution in [2.24, 2.45) is 0 Å². The average Bonchev–Trinajstić information content (AvgIpc) is 2.42. The molecule has 0 radical (unpaired) electrons. The first kappa shape index (κ1) is 16.1. The zero-order chi connectivity index (χ0) is 15.3. The van der Waals surface area contributed by atoms with Crippen molar-refractivity contribution in [2.75, 3.05) is 21.3 Å². The lowest BCUT2D eigenvalue weighted by atomic mass is 10.0. The van der Waals surface area contributed by atoms with Gasteiger partial charge in [0, 0.05) is 12.5 Å². The van der Waals surface area contributed by atoms with Crippen molar-refractivity contribution in [1.82, 2.24) is 0 Å². The van der Waals surface area contributed by atoms with Crippen molar-refractivity contribution >= 4 is 5.97 Å². The Hall–Kier alpha value is -1.95. The van der Waals surface area contributed by atoms with Gasteiger partial charge in [-0.3, -0.25) is 4.79 Å². The number of hydrogen-bond acceptors (Lipinski definition) is 6. The fourth-order valence-corrected chi connectivity index (χ4v) is 1.89. The third kappa shape index (κ3) is 3.54. The molecule has 2 atom stereocenters. The molecule has 0 unspecified atom stereocenters. The summed E-state index contributed by atoms with van der Waals surface area (Å²) in [6.07, 6.45) is -1.68. The molecule has 0 aliphatic rings. The van der Waals surface area contributed by atoms with Crippen LogP contribution in [0.25, 0.3) is 0 Å². The minimum absolute atomic E-state index is 0.430. The van der Waals surface area contributed by atoms with E-state index < -0.39 is 18.2 Å². The molecular weight excluding hydrogens is 264 g/mol. The van der Waals surface area contributed by atoms with E-state index in [0.29, 0.717) is 22.8 Å². The normalized spacial score (nSPS) is 13.3. The van der Waals surface area contributed by atoms with Crippen LogP contribution < -0.4 is 14.2 Å². The Bertz CT molecular complexity index is 444. The second-order valence-electron chi connectivity index (χ2n) is 4.23. The summed E-state index contributed by atoms with van der Waals surface area (Å²) in [7, 11) is 4.48.